The number of carbonyl (C=O) groups is 1. The van der Waals surface area contributed by atoms with Crippen molar-refractivity contribution in [1.29, 1.82) is 0 Å². The molecule has 1 aliphatic rings. The Morgan fingerprint density at radius 2 is 1.69 bits per heavy atom. The van der Waals surface area contributed by atoms with Crippen molar-refractivity contribution in [3.8, 4) is 11.5 Å². The van der Waals surface area contributed by atoms with E-state index in [1.165, 1.54) is 0 Å². The maximum absolute atomic E-state index is 13.3. The van der Waals surface area contributed by atoms with E-state index in [0.29, 0.717) is 21.5 Å². The van der Waals surface area contributed by atoms with Crippen LogP contribution in [0.1, 0.15) is 30.9 Å². The van der Waals surface area contributed by atoms with Crippen LogP contribution in [-0.2, 0) is 11.2 Å². The van der Waals surface area contributed by atoms with Crippen LogP contribution in [0.2, 0.25) is 10.0 Å². The van der Waals surface area contributed by atoms with E-state index in [-0.39, 0.29) is 24.5 Å². The number of rotatable bonds is 6. The highest BCUT2D eigenvalue weighted by Crippen LogP contribution is 2.37. The van der Waals surface area contributed by atoms with E-state index in [9.17, 15) is 4.79 Å². The standard InChI is InChI=1S/C26H25Cl2NO3/c1-17(22(19-6-4-3-5-7-19)14-18-8-10-20(27)11-9-18)29-25(30)26(2)16-31-24-15-21(28)12-13-23(24)32-26/h3-13,15,17,22H,14,16H2,1-2H3,(H,29,30). The van der Waals surface area contributed by atoms with E-state index < -0.39 is 5.60 Å². The van der Waals surface area contributed by atoms with Gasteiger partial charge in [-0.05, 0) is 55.7 Å². The molecule has 1 N–H and O–H groups in total. The molecule has 0 aliphatic carbocycles. The summed E-state index contributed by atoms with van der Waals surface area (Å²) >= 11 is 12.1. The van der Waals surface area contributed by atoms with Crippen molar-refractivity contribution in [2.45, 2.75) is 37.8 Å². The van der Waals surface area contributed by atoms with Gasteiger partial charge in [-0.15, -0.1) is 0 Å². The molecule has 6 heteroatoms. The first-order chi connectivity index (χ1) is 15.3. The minimum Gasteiger partial charge on any atom is -0.485 e. The lowest BCUT2D eigenvalue weighted by atomic mass is 9.86. The highest BCUT2D eigenvalue weighted by molar-refractivity contribution is 6.31. The minimum absolute atomic E-state index is 0.0699. The second-order valence-electron chi connectivity index (χ2n) is 8.32. The third-order valence-corrected chi connectivity index (χ3v) is 6.27. The highest BCUT2D eigenvalue weighted by atomic mass is 35.5. The molecule has 0 saturated carbocycles. The van der Waals surface area contributed by atoms with Crippen molar-refractivity contribution in [1.82, 2.24) is 5.32 Å². The van der Waals surface area contributed by atoms with Crippen molar-refractivity contribution < 1.29 is 14.3 Å². The zero-order valence-electron chi connectivity index (χ0n) is 18.0. The fourth-order valence-corrected chi connectivity index (χ4v) is 4.18. The van der Waals surface area contributed by atoms with Crippen molar-refractivity contribution in [3.63, 3.8) is 0 Å². The van der Waals surface area contributed by atoms with Crippen LogP contribution in [0.3, 0.4) is 0 Å². The first-order valence-corrected chi connectivity index (χ1v) is 11.3. The average molecular weight is 470 g/mol. The van der Waals surface area contributed by atoms with Gasteiger partial charge in [-0.1, -0.05) is 65.7 Å². The van der Waals surface area contributed by atoms with E-state index in [0.717, 1.165) is 17.5 Å². The fraction of sp³-hybridized carbons (Fsp3) is 0.269. The van der Waals surface area contributed by atoms with Crippen LogP contribution < -0.4 is 14.8 Å². The van der Waals surface area contributed by atoms with Crippen LogP contribution in [0.5, 0.6) is 11.5 Å². The number of ether oxygens (including phenoxy) is 2. The van der Waals surface area contributed by atoms with Gasteiger partial charge in [-0.2, -0.15) is 0 Å². The van der Waals surface area contributed by atoms with Gasteiger partial charge in [-0.25, -0.2) is 0 Å². The van der Waals surface area contributed by atoms with E-state index in [4.69, 9.17) is 32.7 Å². The zero-order valence-corrected chi connectivity index (χ0v) is 19.5. The number of hydrogen-bond donors (Lipinski definition) is 1. The Hall–Kier alpha value is -2.69. The minimum atomic E-state index is -1.14. The van der Waals surface area contributed by atoms with Gasteiger partial charge in [0, 0.05) is 28.1 Å². The predicted octanol–water partition coefficient (Wildman–Crippen LogP) is 6.05. The Kier molecular flexibility index (Phi) is 6.63. The molecular weight excluding hydrogens is 445 g/mol. The smallest absolute Gasteiger partial charge is 0.267 e. The average Bonchev–Trinajstić information content (AvgIpc) is 2.79. The number of benzene rings is 3. The van der Waals surface area contributed by atoms with Crippen molar-refractivity contribution in [2.75, 3.05) is 6.61 Å². The van der Waals surface area contributed by atoms with Gasteiger partial charge in [0.1, 0.15) is 6.61 Å². The van der Waals surface area contributed by atoms with Gasteiger partial charge in [0.05, 0.1) is 0 Å². The van der Waals surface area contributed by atoms with Gasteiger partial charge >= 0.3 is 0 Å². The Bertz CT molecular complexity index is 1090. The van der Waals surface area contributed by atoms with Crippen LogP contribution in [0.4, 0.5) is 0 Å². The summed E-state index contributed by atoms with van der Waals surface area (Å²) in [7, 11) is 0. The molecule has 3 aromatic carbocycles. The summed E-state index contributed by atoms with van der Waals surface area (Å²) < 4.78 is 11.8. The lowest BCUT2D eigenvalue weighted by Crippen LogP contribution is -2.57. The number of amides is 1. The monoisotopic (exact) mass is 469 g/mol. The molecular formula is C26H25Cl2NO3. The van der Waals surface area contributed by atoms with E-state index in [1.54, 1.807) is 25.1 Å². The van der Waals surface area contributed by atoms with Gasteiger partial charge < -0.3 is 14.8 Å². The molecule has 0 radical (unpaired) electrons. The fourth-order valence-electron chi connectivity index (χ4n) is 3.90. The molecule has 4 nitrogen and oxygen atoms in total. The van der Waals surface area contributed by atoms with Crippen molar-refractivity contribution in [2.24, 2.45) is 0 Å². The van der Waals surface area contributed by atoms with Gasteiger partial charge in [0.2, 0.25) is 5.60 Å². The quantitative estimate of drug-likeness (QED) is 0.477. The topological polar surface area (TPSA) is 47.6 Å². The maximum Gasteiger partial charge on any atom is 0.267 e. The Balaban J connectivity index is 1.52. The second kappa shape index (κ2) is 9.43. The largest absolute Gasteiger partial charge is 0.485 e. The molecule has 4 rings (SSSR count). The highest BCUT2D eigenvalue weighted by Gasteiger charge is 2.41. The molecule has 0 aromatic heterocycles. The van der Waals surface area contributed by atoms with E-state index in [2.05, 4.69) is 17.4 Å². The van der Waals surface area contributed by atoms with Crippen LogP contribution in [0, 0.1) is 0 Å². The van der Waals surface area contributed by atoms with Crippen molar-refractivity contribution in [3.05, 3.63) is 94.0 Å². The molecule has 0 spiro atoms. The van der Waals surface area contributed by atoms with Crippen LogP contribution in [0.15, 0.2) is 72.8 Å². The molecule has 3 unspecified atom stereocenters. The summed E-state index contributed by atoms with van der Waals surface area (Å²) in [5, 5.41) is 4.43. The van der Waals surface area contributed by atoms with E-state index >= 15 is 0 Å². The normalized spacial score (nSPS) is 19.1. The van der Waals surface area contributed by atoms with Crippen LogP contribution in [-0.4, -0.2) is 24.2 Å². The number of halogens is 2. The molecule has 0 bridgehead atoms. The van der Waals surface area contributed by atoms with E-state index in [1.807, 2.05) is 49.4 Å². The Morgan fingerprint density at radius 1 is 1.00 bits per heavy atom. The summed E-state index contributed by atoms with van der Waals surface area (Å²) in [6.07, 6.45) is 0.762. The molecule has 1 amide bonds. The predicted molar refractivity (Wildman–Crippen MR) is 128 cm³/mol. The SMILES string of the molecule is CC(NC(=O)C1(C)COc2cc(Cl)ccc2O1)C(Cc1ccc(Cl)cc1)c1ccccc1. The van der Waals surface area contributed by atoms with Crippen LogP contribution >= 0.6 is 23.2 Å². The molecule has 0 fully saturated rings. The molecule has 0 saturated heterocycles. The third kappa shape index (κ3) is 5.03. The molecule has 3 aromatic rings. The van der Waals surface area contributed by atoms with Gasteiger partial charge in [-0.3, -0.25) is 4.79 Å². The number of hydrogen-bond acceptors (Lipinski definition) is 3. The summed E-state index contributed by atoms with van der Waals surface area (Å²) in [5.74, 6) is 0.899. The summed E-state index contributed by atoms with van der Waals surface area (Å²) in [6, 6.07) is 23.0. The lowest BCUT2D eigenvalue weighted by Gasteiger charge is -2.36. The molecule has 166 valence electrons. The number of fused-ring (bicyclic) bond motifs is 1. The lowest BCUT2D eigenvalue weighted by molar-refractivity contribution is -0.140. The van der Waals surface area contributed by atoms with Gasteiger partial charge in [0.25, 0.3) is 5.91 Å². The van der Waals surface area contributed by atoms with Crippen molar-refractivity contribution >= 4 is 29.1 Å². The maximum atomic E-state index is 13.3. The zero-order chi connectivity index (χ0) is 22.7. The first kappa shape index (κ1) is 22.5. The summed E-state index contributed by atoms with van der Waals surface area (Å²) in [5.41, 5.74) is 1.16. The number of carbonyl (C=O) groups excluding carboxylic acids is 1. The first-order valence-electron chi connectivity index (χ1n) is 10.6. The summed E-state index contributed by atoms with van der Waals surface area (Å²) in [4.78, 5) is 13.3. The Labute approximate surface area is 198 Å². The van der Waals surface area contributed by atoms with Gasteiger partial charge in [0.15, 0.2) is 11.5 Å². The molecule has 3 atom stereocenters. The Morgan fingerprint density at radius 3 is 2.41 bits per heavy atom. The van der Waals surface area contributed by atoms with Crippen LogP contribution in [0.25, 0.3) is 0 Å². The number of nitrogens with one attached hydrogen (secondary N) is 1. The molecule has 32 heavy (non-hydrogen) atoms. The summed E-state index contributed by atoms with van der Waals surface area (Å²) in [6.45, 7) is 3.86. The second-order valence-corrected chi connectivity index (χ2v) is 9.20. The molecule has 1 aliphatic heterocycles. The molecule has 1 heterocycles. The third-order valence-electron chi connectivity index (χ3n) is 5.78.